The molecule has 3 fully saturated rings. The van der Waals surface area contributed by atoms with Gasteiger partial charge in [-0.2, -0.15) is 0 Å². The zero-order chi connectivity index (χ0) is 18.0. The number of nitrogens with one attached hydrogen (secondary N) is 2. The number of aliphatic imine (C=N–C) groups is 1. The van der Waals surface area contributed by atoms with E-state index in [2.05, 4.69) is 36.4 Å². The number of fused-ring (bicyclic) bond motifs is 1. The highest BCUT2D eigenvalue weighted by Crippen LogP contribution is 2.51. The summed E-state index contributed by atoms with van der Waals surface area (Å²) < 4.78 is 6.01. The molecule has 2 heterocycles. The number of carbonyl (C=O) groups is 1. The zero-order valence-corrected chi connectivity index (χ0v) is 18.9. The van der Waals surface area contributed by atoms with Crippen molar-refractivity contribution >= 4 is 35.8 Å². The molecule has 26 heavy (non-hydrogen) atoms. The van der Waals surface area contributed by atoms with Gasteiger partial charge in [-0.05, 0) is 26.2 Å². The summed E-state index contributed by atoms with van der Waals surface area (Å²) in [4.78, 5) is 18.5. The first-order chi connectivity index (χ1) is 12.0. The fraction of sp³-hybridized carbons (Fsp3) is 0.895. The minimum absolute atomic E-state index is 0. The van der Waals surface area contributed by atoms with Crippen molar-refractivity contribution in [3.05, 3.63) is 0 Å². The molecule has 1 amide bonds. The normalized spacial score (nSPS) is 32.9. The number of guanidine groups is 1. The second-order valence-corrected chi connectivity index (χ2v) is 8.19. The van der Waals surface area contributed by atoms with E-state index in [-0.39, 0.29) is 41.3 Å². The number of amides is 1. The molecule has 2 saturated heterocycles. The van der Waals surface area contributed by atoms with Crippen molar-refractivity contribution in [1.82, 2.24) is 15.5 Å². The molecule has 0 radical (unpaired) electrons. The van der Waals surface area contributed by atoms with Crippen LogP contribution in [-0.2, 0) is 9.53 Å². The number of hydrogen-bond donors (Lipinski definition) is 2. The van der Waals surface area contributed by atoms with Crippen LogP contribution in [-0.4, -0.2) is 61.2 Å². The third kappa shape index (κ3) is 4.29. The van der Waals surface area contributed by atoms with Gasteiger partial charge in [-0.15, -0.1) is 24.0 Å². The zero-order valence-electron chi connectivity index (χ0n) is 16.6. The number of halogens is 1. The molecular formula is C19H35IN4O2. The van der Waals surface area contributed by atoms with Crippen molar-refractivity contribution in [2.45, 2.75) is 71.6 Å². The predicted octanol–water partition coefficient (Wildman–Crippen LogP) is 2.37. The maximum atomic E-state index is 11.9. The number of ether oxygens (including phenoxy) is 1. The lowest BCUT2D eigenvalue weighted by molar-refractivity contribution is -0.188. The Morgan fingerprint density at radius 3 is 2.73 bits per heavy atom. The van der Waals surface area contributed by atoms with Crippen LogP contribution in [0.4, 0.5) is 0 Å². The van der Waals surface area contributed by atoms with Crippen LogP contribution in [0.15, 0.2) is 4.99 Å². The van der Waals surface area contributed by atoms with Gasteiger partial charge < -0.3 is 20.3 Å². The highest BCUT2D eigenvalue weighted by atomic mass is 127. The summed E-state index contributed by atoms with van der Waals surface area (Å²) >= 11 is 0. The first kappa shape index (κ1) is 21.7. The number of nitrogens with zero attached hydrogens (tertiary/aromatic N) is 2. The van der Waals surface area contributed by atoms with Crippen molar-refractivity contribution in [2.75, 3.05) is 26.2 Å². The minimum atomic E-state index is 0. The van der Waals surface area contributed by atoms with Crippen LogP contribution in [0.2, 0.25) is 0 Å². The van der Waals surface area contributed by atoms with Crippen molar-refractivity contribution < 1.29 is 9.53 Å². The third-order valence-electron chi connectivity index (χ3n) is 6.12. The number of hydrogen-bond acceptors (Lipinski definition) is 3. The van der Waals surface area contributed by atoms with E-state index in [1.807, 2.05) is 11.8 Å². The standard InChI is InChI=1S/C19H34N4O2.HI/c1-5-15(24)23-10-9-13(12-23)21-18(20-6-2)22-16-14-8-7-11-25-17(14)19(16,3)4;/h13-14,16-17H,5-12H2,1-4H3,(H2,20,21,22);1H. The van der Waals surface area contributed by atoms with Gasteiger partial charge in [0.05, 0.1) is 6.10 Å². The fourth-order valence-electron chi connectivity index (χ4n) is 4.78. The lowest BCUT2D eigenvalue weighted by atomic mass is 9.55. The lowest BCUT2D eigenvalue weighted by Gasteiger charge is -2.60. The van der Waals surface area contributed by atoms with E-state index in [0.717, 1.165) is 45.0 Å². The Balaban J connectivity index is 0.00000243. The molecule has 0 aromatic carbocycles. The van der Waals surface area contributed by atoms with Crippen LogP contribution in [0, 0.1) is 11.3 Å². The highest BCUT2D eigenvalue weighted by Gasteiger charge is 2.58. The SMILES string of the molecule is CCN=C(NC1CCN(C(=O)CC)C1)NC1C2CCCOC2C1(C)C.I. The summed E-state index contributed by atoms with van der Waals surface area (Å²) in [6.07, 6.45) is 4.32. The van der Waals surface area contributed by atoms with Gasteiger partial charge in [-0.25, -0.2) is 0 Å². The Hall–Kier alpha value is -0.570. The Labute approximate surface area is 174 Å². The Bertz CT molecular complexity index is 526. The van der Waals surface area contributed by atoms with Crippen molar-refractivity contribution in [3.8, 4) is 0 Å². The van der Waals surface area contributed by atoms with Gasteiger partial charge in [0.25, 0.3) is 0 Å². The first-order valence-corrected chi connectivity index (χ1v) is 9.94. The van der Waals surface area contributed by atoms with Crippen LogP contribution in [0.5, 0.6) is 0 Å². The maximum absolute atomic E-state index is 11.9. The van der Waals surface area contributed by atoms with Crippen LogP contribution in [0.25, 0.3) is 0 Å². The molecule has 1 saturated carbocycles. The van der Waals surface area contributed by atoms with Crippen LogP contribution < -0.4 is 10.6 Å². The molecular weight excluding hydrogens is 443 g/mol. The van der Waals surface area contributed by atoms with Gasteiger partial charge in [0.1, 0.15) is 0 Å². The molecule has 3 rings (SSSR count). The van der Waals surface area contributed by atoms with E-state index in [9.17, 15) is 4.79 Å². The van der Waals surface area contributed by atoms with E-state index in [1.54, 1.807) is 0 Å². The summed E-state index contributed by atoms with van der Waals surface area (Å²) in [7, 11) is 0. The Morgan fingerprint density at radius 2 is 2.04 bits per heavy atom. The molecule has 150 valence electrons. The molecule has 4 unspecified atom stereocenters. The van der Waals surface area contributed by atoms with Crippen LogP contribution >= 0.6 is 24.0 Å². The van der Waals surface area contributed by atoms with Crippen molar-refractivity contribution in [3.63, 3.8) is 0 Å². The largest absolute Gasteiger partial charge is 0.377 e. The van der Waals surface area contributed by atoms with Crippen molar-refractivity contribution in [1.29, 1.82) is 0 Å². The monoisotopic (exact) mass is 478 g/mol. The van der Waals surface area contributed by atoms with Gasteiger partial charge >= 0.3 is 0 Å². The molecule has 3 aliphatic rings. The number of carbonyl (C=O) groups excluding carboxylic acids is 1. The summed E-state index contributed by atoms with van der Waals surface area (Å²) in [5, 5.41) is 7.25. The van der Waals surface area contributed by atoms with E-state index >= 15 is 0 Å². The molecule has 7 heteroatoms. The van der Waals surface area contributed by atoms with E-state index in [0.29, 0.717) is 24.5 Å². The molecule has 6 nitrogen and oxygen atoms in total. The average molecular weight is 478 g/mol. The molecule has 4 atom stereocenters. The highest BCUT2D eigenvalue weighted by molar-refractivity contribution is 14.0. The van der Waals surface area contributed by atoms with Gasteiger partial charge in [0.2, 0.25) is 5.91 Å². The second-order valence-electron chi connectivity index (χ2n) is 8.19. The third-order valence-corrected chi connectivity index (χ3v) is 6.12. The fourth-order valence-corrected chi connectivity index (χ4v) is 4.78. The molecule has 0 aromatic heterocycles. The van der Waals surface area contributed by atoms with Crippen molar-refractivity contribution in [2.24, 2.45) is 16.3 Å². The first-order valence-electron chi connectivity index (χ1n) is 9.94. The second kappa shape index (κ2) is 9.08. The molecule has 0 spiro atoms. The summed E-state index contributed by atoms with van der Waals surface area (Å²) in [6, 6.07) is 0.681. The lowest BCUT2D eigenvalue weighted by Crippen LogP contribution is -2.71. The predicted molar refractivity (Wildman–Crippen MR) is 115 cm³/mol. The van der Waals surface area contributed by atoms with Gasteiger partial charge in [0.15, 0.2) is 5.96 Å². The molecule has 1 aliphatic carbocycles. The van der Waals surface area contributed by atoms with Gasteiger partial charge in [-0.3, -0.25) is 9.79 Å². The van der Waals surface area contributed by atoms with Crippen LogP contribution in [0.1, 0.15) is 53.4 Å². The Morgan fingerprint density at radius 1 is 1.27 bits per heavy atom. The minimum Gasteiger partial charge on any atom is -0.377 e. The van der Waals surface area contributed by atoms with Gasteiger partial charge in [0, 0.05) is 56.1 Å². The quantitative estimate of drug-likeness (QED) is 0.370. The number of rotatable bonds is 4. The molecule has 2 N–H and O–H groups in total. The Kier molecular flexibility index (Phi) is 7.59. The summed E-state index contributed by atoms with van der Waals surface area (Å²) in [6.45, 7) is 11.8. The molecule has 2 aliphatic heterocycles. The molecule has 0 bridgehead atoms. The number of likely N-dealkylation sites (tertiary alicyclic amines) is 1. The van der Waals surface area contributed by atoms with Gasteiger partial charge in [-0.1, -0.05) is 20.8 Å². The van der Waals surface area contributed by atoms with Crippen LogP contribution in [0.3, 0.4) is 0 Å². The van der Waals surface area contributed by atoms with E-state index in [1.165, 1.54) is 6.42 Å². The topological polar surface area (TPSA) is 66.0 Å². The van der Waals surface area contributed by atoms with E-state index in [4.69, 9.17) is 4.74 Å². The smallest absolute Gasteiger partial charge is 0.222 e. The average Bonchev–Trinajstić information content (AvgIpc) is 3.07. The maximum Gasteiger partial charge on any atom is 0.222 e. The van der Waals surface area contributed by atoms with E-state index < -0.39 is 0 Å². The molecule has 0 aromatic rings. The summed E-state index contributed by atoms with van der Waals surface area (Å²) in [5.74, 6) is 1.71. The summed E-state index contributed by atoms with van der Waals surface area (Å²) in [5.41, 5.74) is 0.126.